The number of hydrogen-bond donors (Lipinski definition) is 1. The van der Waals surface area contributed by atoms with Crippen molar-refractivity contribution in [3.8, 4) is 6.07 Å². The molecule has 0 amide bonds. The number of aliphatic hydroxyl groups excluding tert-OH is 1. The summed E-state index contributed by atoms with van der Waals surface area (Å²) in [6.45, 7) is 1.57. The fourth-order valence-electron chi connectivity index (χ4n) is 3.97. The largest absolute Gasteiger partial charge is 0.393 e. The Kier molecular flexibility index (Phi) is 4.23. The van der Waals surface area contributed by atoms with Gasteiger partial charge < -0.3 is 5.11 Å². The second-order valence-corrected chi connectivity index (χ2v) is 6.26. The van der Waals surface area contributed by atoms with E-state index in [2.05, 4.69) is 11.0 Å². The standard InChI is InChI=1S/C17H21FN2O/c18-14-7-6-12(10-19)13(9-14)11-20-8-2-4-16(20)15-3-1-5-17(15)21/h6-7,9,15-17,21H,1-5,8,11H2. The molecule has 1 saturated heterocycles. The Morgan fingerprint density at radius 2 is 2.14 bits per heavy atom. The number of aliphatic hydroxyl groups is 1. The first-order valence-corrected chi connectivity index (χ1v) is 7.79. The second kappa shape index (κ2) is 6.13. The van der Waals surface area contributed by atoms with Crippen LogP contribution in [0.15, 0.2) is 18.2 Å². The van der Waals surface area contributed by atoms with Gasteiger partial charge in [0.05, 0.1) is 17.7 Å². The average molecular weight is 288 g/mol. The number of likely N-dealkylation sites (tertiary alicyclic amines) is 1. The minimum absolute atomic E-state index is 0.196. The van der Waals surface area contributed by atoms with Crippen LogP contribution in [0.3, 0.4) is 0 Å². The maximum Gasteiger partial charge on any atom is 0.123 e. The van der Waals surface area contributed by atoms with Crippen molar-refractivity contribution in [2.24, 2.45) is 5.92 Å². The molecule has 112 valence electrons. The van der Waals surface area contributed by atoms with Crippen LogP contribution in [-0.2, 0) is 6.54 Å². The first-order valence-electron chi connectivity index (χ1n) is 7.79. The van der Waals surface area contributed by atoms with Crippen LogP contribution in [0.1, 0.15) is 43.2 Å². The van der Waals surface area contributed by atoms with Gasteiger partial charge in [0.1, 0.15) is 5.82 Å². The highest BCUT2D eigenvalue weighted by Gasteiger charge is 2.38. The summed E-state index contributed by atoms with van der Waals surface area (Å²) >= 11 is 0. The first-order chi connectivity index (χ1) is 10.2. The molecule has 0 aromatic heterocycles. The third-order valence-corrected chi connectivity index (χ3v) is 5.00. The molecule has 1 aliphatic heterocycles. The van der Waals surface area contributed by atoms with E-state index in [-0.39, 0.29) is 11.9 Å². The summed E-state index contributed by atoms with van der Waals surface area (Å²) in [5.41, 5.74) is 1.31. The maximum atomic E-state index is 13.4. The number of nitriles is 1. The van der Waals surface area contributed by atoms with Crippen LogP contribution in [0.4, 0.5) is 4.39 Å². The number of hydrogen-bond acceptors (Lipinski definition) is 3. The van der Waals surface area contributed by atoms with Crippen LogP contribution >= 0.6 is 0 Å². The van der Waals surface area contributed by atoms with Crippen molar-refractivity contribution in [2.75, 3.05) is 6.54 Å². The normalized spacial score (nSPS) is 29.7. The van der Waals surface area contributed by atoms with Gasteiger partial charge in [-0.15, -0.1) is 0 Å². The number of halogens is 1. The molecule has 0 bridgehead atoms. The molecule has 4 heteroatoms. The zero-order valence-electron chi connectivity index (χ0n) is 12.1. The lowest BCUT2D eigenvalue weighted by Gasteiger charge is -2.31. The average Bonchev–Trinajstić information content (AvgIpc) is 3.08. The number of rotatable bonds is 3. The second-order valence-electron chi connectivity index (χ2n) is 6.26. The lowest BCUT2D eigenvalue weighted by Crippen LogP contribution is -2.38. The molecule has 1 aliphatic carbocycles. The van der Waals surface area contributed by atoms with E-state index in [0.717, 1.165) is 44.2 Å². The summed E-state index contributed by atoms with van der Waals surface area (Å²) in [4.78, 5) is 2.33. The molecule has 1 saturated carbocycles. The van der Waals surface area contributed by atoms with E-state index >= 15 is 0 Å². The van der Waals surface area contributed by atoms with Crippen molar-refractivity contribution in [2.45, 2.75) is 50.8 Å². The highest BCUT2D eigenvalue weighted by atomic mass is 19.1. The third kappa shape index (κ3) is 2.95. The minimum atomic E-state index is -0.291. The lowest BCUT2D eigenvalue weighted by atomic mass is 9.93. The molecule has 2 aliphatic rings. The Labute approximate surface area is 125 Å². The van der Waals surface area contributed by atoms with Gasteiger partial charge in [-0.3, -0.25) is 4.90 Å². The lowest BCUT2D eigenvalue weighted by molar-refractivity contribution is 0.0718. The molecule has 0 spiro atoms. The van der Waals surface area contributed by atoms with Gasteiger partial charge in [0.2, 0.25) is 0 Å². The molecule has 1 N–H and O–H groups in total. The predicted molar refractivity (Wildman–Crippen MR) is 77.9 cm³/mol. The summed E-state index contributed by atoms with van der Waals surface area (Å²) in [5, 5.41) is 19.3. The highest BCUT2D eigenvalue weighted by Crippen LogP contribution is 2.36. The minimum Gasteiger partial charge on any atom is -0.393 e. The van der Waals surface area contributed by atoms with Crippen LogP contribution in [0, 0.1) is 23.1 Å². The molecule has 1 heterocycles. The topological polar surface area (TPSA) is 47.3 Å². The third-order valence-electron chi connectivity index (χ3n) is 5.00. The number of nitrogens with zero attached hydrogens (tertiary/aromatic N) is 2. The molecule has 3 rings (SSSR count). The van der Waals surface area contributed by atoms with E-state index in [1.165, 1.54) is 12.1 Å². The van der Waals surface area contributed by atoms with Crippen molar-refractivity contribution >= 4 is 0 Å². The van der Waals surface area contributed by atoms with Gasteiger partial charge in [-0.25, -0.2) is 4.39 Å². The van der Waals surface area contributed by atoms with E-state index in [1.54, 1.807) is 6.07 Å². The Bertz CT molecular complexity index is 554. The summed E-state index contributed by atoms with van der Waals surface area (Å²) in [7, 11) is 0. The van der Waals surface area contributed by atoms with Crippen LogP contribution in [0.5, 0.6) is 0 Å². The highest BCUT2D eigenvalue weighted by molar-refractivity contribution is 5.37. The van der Waals surface area contributed by atoms with E-state index in [9.17, 15) is 14.8 Å². The van der Waals surface area contributed by atoms with Crippen LogP contribution < -0.4 is 0 Å². The zero-order chi connectivity index (χ0) is 14.8. The van der Waals surface area contributed by atoms with Crippen LogP contribution in [0.25, 0.3) is 0 Å². The summed E-state index contributed by atoms with van der Waals surface area (Å²) in [5.74, 6) is 0.0484. The van der Waals surface area contributed by atoms with Crippen molar-refractivity contribution in [3.63, 3.8) is 0 Å². The fraction of sp³-hybridized carbons (Fsp3) is 0.588. The molecule has 1 aromatic rings. The van der Waals surface area contributed by atoms with Crippen molar-refractivity contribution in [3.05, 3.63) is 35.1 Å². The monoisotopic (exact) mass is 288 g/mol. The molecule has 0 radical (unpaired) electrons. The van der Waals surface area contributed by atoms with Gasteiger partial charge in [-0.05, 0) is 56.0 Å². The molecular formula is C17H21FN2O. The van der Waals surface area contributed by atoms with Gasteiger partial charge in [-0.2, -0.15) is 5.26 Å². The van der Waals surface area contributed by atoms with Gasteiger partial charge >= 0.3 is 0 Å². The van der Waals surface area contributed by atoms with Crippen LogP contribution in [0.2, 0.25) is 0 Å². The molecule has 21 heavy (non-hydrogen) atoms. The quantitative estimate of drug-likeness (QED) is 0.930. The van der Waals surface area contributed by atoms with Gasteiger partial charge in [0.25, 0.3) is 0 Å². The maximum absolute atomic E-state index is 13.4. The molecule has 3 unspecified atom stereocenters. The van der Waals surface area contributed by atoms with Gasteiger partial charge in [-0.1, -0.05) is 6.42 Å². The van der Waals surface area contributed by atoms with Gasteiger partial charge in [0, 0.05) is 18.5 Å². The fourth-order valence-corrected chi connectivity index (χ4v) is 3.97. The Balaban J connectivity index is 1.78. The molecular weight excluding hydrogens is 267 g/mol. The van der Waals surface area contributed by atoms with E-state index in [1.807, 2.05) is 0 Å². The zero-order valence-corrected chi connectivity index (χ0v) is 12.1. The van der Waals surface area contributed by atoms with E-state index in [0.29, 0.717) is 24.1 Å². The van der Waals surface area contributed by atoms with Crippen molar-refractivity contribution < 1.29 is 9.50 Å². The molecule has 1 aromatic carbocycles. The first kappa shape index (κ1) is 14.5. The SMILES string of the molecule is N#Cc1ccc(F)cc1CN1CCCC1C1CCCC1O. The molecule has 3 nitrogen and oxygen atoms in total. The number of benzene rings is 1. The van der Waals surface area contributed by atoms with E-state index < -0.39 is 0 Å². The van der Waals surface area contributed by atoms with Crippen LogP contribution in [-0.4, -0.2) is 28.7 Å². The van der Waals surface area contributed by atoms with Crippen molar-refractivity contribution in [1.29, 1.82) is 5.26 Å². The summed E-state index contributed by atoms with van der Waals surface area (Å²) in [6, 6.07) is 6.88. The van der Waals surface area contributed by atoms with Crippen molar-refractivity contribution in [1.82, 2.24) is 4.90 Å². The summed E-state index contributed by atoms with van der Waals surface area (Å²) in [6.07, 6.45) is 5.09. The smallest absolute Gasteiger partial charge is 0.123 e. The van der Waals surface area contributed by atoms with Gasteiger partial charge in [0.15, 0.2) is 0 Å². The molecule has 3 atom stereocenters. The summed E-state index contributed by atoms with van der Waals surface area (Å²) < 4.78 is 13.4. The Morgan fingerprint density at radius 3 is 2.86 bits per heavy atom. The predicted octanol–water partition coefficient (Wildman–Crippen LogP) is 2.82. The molecule has 2 fully saturated rings. The van der Waals surface area contributed by atoms with E-state index in [4.69, 9.17) is 0 Å². The Morgan fingerprint density at radius 1 is 1.29 bits per heavy atom. The Hall–Kier alpha value is -1.44.